The number of hydrogen-bond donors (Lipinski definition) is 2. The second-order valence-electron chi connectivity index (χ2n) is 5.70. The fourth-order valence-electron chi connectivity index (χ4n) is 2.29. The molecule has 1 fully saturated rings. The number of nitrogens with one attached hydrogen (secondary N) is 1. The quantitative estimate of drug-likeness (QED) is 0.762. The summed E-state index contributed by atoms with van der Waals surface area (Å²) in [5, 5.41) is 0. The van der Waals surface area contributed by atoms with E-state index < -0.39 is 10.0 Å². The first-order valence-corrected chi connectivity index (χ1v) is 8.98. The highest BCUT2D eigenvalue weighted by Crippen LogP contribution is 2.24. The van der Waals surface area contributed by atoms with Crippen molar-refractivity contribution in [2.45, 2.75) is 43.2 Å². The molecule has 1 atom stereocenters. The zero-order valence-electron chi connectivity index (χ0n) is 12.7. The summed E-state index contributed by atoms with van der Waals surface area (Å²) in [5.74, 6) is 0. The Kier molecular flexibility index (Phi) is 5.37. The SMILES string of the molecule is CCC(N)c1cccc(S(=O)(=O)NCCN(C)C2CC2)c1. The molecular formula is C15H25N3O2S. The van der Waals surface area contributed by atoms with Gasteiger partial charge < -0.3 is 10.6 Å². The molecule has 5 nitrogen and oxygen atoms in total. The van der Waals surface area contributed by atoms with E-state index in [0.717, 1.165) is 18.5 Å². The van der Waals surface area contributed by atoms with Crippen LogP contribution in [0, 0.1) is 0 Å². The molecule has 1 aliphatic carbocycles. The minimum Gasteiger partial charge on any atom is -0.324 e. The number of sulfonamides is 1. The van der Waals surface area contributed by atoms with Crippen LogP contribution >= 0.6 is 0 Å². The molecule has 0 aliphatic heterocycles. The van der Waals surface area contributed by atoms with Gasteiger partial charge in [-0.15, -0.1) is 0 Å². The average molecular weight is 311 g/mol. The predicted molar refractivity (Wildman–Crippen MR) is 84.5 cm³/mol. The third kappa shape index (κ3) is 4.51. The van der Waals surface area contributed by atoms with E-state index in [4.69, 9.17) is 5.73 Å². The van der Waals surface area contributed by atoms with Crippen LogP contribution < -0.4 is 10.5 Å². The van der Waals surface area contributed by atoms with Crippen LogP contribution in [0.2, 0.25) is 0 Å². The highest BCUT2D eigenvalue weighted by Gasteiger charge is 2.26. The van der Waals surface area contributed by atoms with Gasteiger partial charge in [-0.05, 0) is 44.0 Å². The third-order valence-electron chi connectivity index (χ3n) is 3.96. The summed E-state index contributed by atoms with van der Waals surface area (Å²) in [7, 11) is -1.42. The van der Waals surface area contributed by atoms with Crippen LogP contribution in [0.3, 0.4) is 0 Å². The fraction of sp³-hybridized carbons (Fsp3) is 0.600. The lowest BCUT2D eigenvalue weighted by Gasteiger charge is -2.16. The normalized spacial score (nSPS) is 17.1. The van der Waals surface area contributed by atoms with Gasteiger partial charge in [0.05, 0.1) is 4.90 Å². The van der Waals surface area contributed by atoms with Gasteiger partial charge in [0.2, 0.25) is 10.0 Å². The van der Waals surface area contributed by atoms with E-state index in [9.17, 15) is 8.42 Å². The standard InChI is InChI=1S/C15H25N3O2S/c1-3-15(16)12-5-4-6-14(11-12)21(19,20)17-9-10-18(2)13-7-8-13/h4-6,11,13,15,17H,3,7-10,16H2,1-2H3. The van der Waals surface area contributed by atoms with Gasteiger partial charge in [0.15, 0.2) is 0 Å². The van der Waals surface area contributed by atoms with Gasteiger partial charge in [0.25, 0.3) is 0 Å². The van der Waals surface area contributed by atoms with Gasteiger partial charge in [0.1, 0.15) is 0 Å². The first-order chi connectivity index (χ1) is 9.94. The maximum Gasteiger partial charge on any atom is 0.240 e. The lowest BCUT2D eigenvalue weighted by molar-refractivity contribution is 0.329. The van der Waals surface area contributed by atoms with Gasteiger partial charge in [-0.2, -0.15) is 0 Å². The van der Waals surface area contributed by atoms with Crippen LogP contribution in [0.15, 0.2) is 29.2 Å². The van der Waals surface area contributed by atoms with Crippen LogP contribution in [0.5, 0.6) is 0 Å². The summed E-state index contributed by atoms with van der Waals surface area (Å²) in [6.45, 7) is 3.15. The van der Waals surface area contributed by atoms with Crippen LogP contribution in [0.25, 0.3) is 0 Å². The van der Waals surface area contributed by atoms with E-state index in [0.29, 0.717) is 12.6 Å². The number of hydrogen-bond acceptors (Lipinski definition) is 4. The highest BCUT2D eigenvalue weighted by molar-refractivity contribution is 7.89. The van der Waals surface area contributed by atoms with Gasteiger partial charge in [-0.1, -0.05) is 19.1 Å². The predicted octanol–water partition coefficient (Wildman–Crippen LogP) is 1.47. The second-order valence-corrected chi connectivity index (χ2v) is 7.46. The third-order valence-corrected chi connectivity index (χ3v) is 5.42. The summed E-state index contributed by atoms with van der Waals surface area (Å²) >= 11 is 0. The van der Waals surface area contributed by atoms with Crippen molar-refractivity contribution in [2.24, 2.45) is 5.73 Å². The molecule has 2 rings (SSSR count). The molecular weight excluding hydrogens is 286 g/mol. The second kappa shape index (κ2) is 6.87. The van der Waals surface area contributed by atoms with E-state index >= 15 is 0 Å². The lowest BCUT2D eigenvalue weighted by atomic mass is 10.1. The van der Waals surface area contributed by atoms with Crippen molar-refractivity contribution in [1.82, 2.24) is 9.62 Å². The van der Waals surface area contributed by atoms with Crippen molar-refractivity contribution >= 4 is 10.0 Å². The van der Waals surface area contributed by atoms with E-state index in [1.54, 1.807) is 18.2 Å². The van der Waals surface area contributed by atoms with Gasteiger partial charge in [-0.25, -0.2) is 13.1 Å². The average Bonchev–Trinajstić information content (AvgIpc) is 3.31. The Morgan fingerprint density at radius 2 is 2.14 bits per heavy atom. The van der Waals surface area contributed by atoms with Crippen molar-refractivity contribution in [2.75, 3.05) is 20.1 Å². The Morgan fingerprint density at radius 1 is 1.43 bits per heavy atom. The molecule has 0 aromatic heterocycles. The molecule has 0 radical (unpaired) electrons. The molecule has 0 heterocycles. The molecule has 1 aromatic carbocycles. The van der Waals surface area contributed by atoms with Crippen molar-refractivity contribution < 1.29 is 8.42 Å². The zero-order valence-corrected chi connectivity index (χ0v) is 13.6. The molecule has 21 heavy (non-hydrogen) atoms. The number of nitrogens with zero attached hydrogens (tertiary/aromatic N) is 1. The summed E-state index contributed by atoms with van der Waals surface area (Å²) in [4.78, 5) is 2.49. The molecule has 1 saturated carbocycles. The van der Waals surface area contributed by atoms with Gasteiger partial charge >= 0.3 is 0 Å². The van der Waals surface area contributed by atoms with Gasteiger partial charge in [-0.3, -0.25) is 0 Å². The number of benzene rings is 1. The molecule has 0 spiro atoms. The Balaban J connectivity index is 1.97. The molecule has 118 valence electrons. The Labute approximate surface area is 127 Å². The molecule has 3 N–H and O–H groups in total. The summed E-state index contributed by atoms with van der Waals surface area (Å²) in [6.07, 6.45) is 3.23. The summed E-state index contributed by atoms with van der Waals surface area (Å²) in [5.41, 5.74) is 6.82. The molecule has 1 unspecified atom stereocenters. The van der Waals surface area contributed by atoms with Crippen LogP contribution in [0.4, 0.5) is 0 Å². The maximum atomic E-state index is 12.3. The van der Waals surface area contributed by atoms with Crippen LogP contribution in [-0.4, -0.2) is 39.5 Å². The van der Waals surface area contributed by atoms with Crippen molar-refractivity contribution in [1.29, 1.82) is 0 Å². The largest absolute Gasteiger partial charge is 0.324 e. The maximum absolute atomic E-state index is 12.3. The molecule has 0 saturated heterocycles. The molecule has 0 amide bonds. The monoisotopic (exact) mass is 311 g/mol. The Bertz CT molecular complexity index is 570. The molecule has 0 bridgehead atoms. The molecule has 6 heteroatoms. The minimum absolute atomic E-state index is 0.124. The topological polar surface area (TPSA) is 75.4 Å². The molecule has 1 aliphatic rings. The number of rotatable bonds is 8. The summed E-state index contributed by atoms with van der Waals surface area (Å²) < 4.78 is 27.2. The van der Waals surface area contributed by atoms with Crippen molar-refractivity contribution in [3.05, 3.63) is 29.8 Å². The Hall–Kier alpha value is -0.950. The first kappa shape index (κ1) is 16.4. The van der Waals surface area contributed by atoms with Gasteiger partial charge in [0, 0.05) is 25.2 Å². The smallest absolute Gasteiger partial charge is 0.240 e. The number of likely N-dealkylation sites (N-methyl/N-ethyl adjacent to an activating group) is 1. The highest BCUT2D eigenvalue weighted by atomic mass is 32.2. The minimum atomic E-state index is -3.46. The first-order valence-electron chi connectivity index (χ1n) is 7.49. The lowest BCUT2D eigenvalue weighted by Crippen LogP contribution is -2.34. The molecule has 1 aromatic rings. The van der Waals surface area contributed by atoms with Crippen molar-refractivity contribution in [3.8, 4) is 0 Å². The van der Waals surface area contributed by atoms with Crippen LogP contribution in [-0.2, 0) is 10.0 Å². The Morgan fingerprint density at radius 3 is 2.76 bits per heavy atom. The van der Waals surface area contributed by atoms with Crippen molar-refractivity contribution in [3.63, 3.8) is 0 Å². The number of nitrogens with two attached hydrogens (primary N) is 1. The van der Waals surface area contributed by atoms with E-state index in [1.807, 2.05) is 20.0 Å². The zero-order chi connectivity index (χ0) is 15.5. The van der Waals surface area contributed by atoms with E-state index in [1.165, 1.54) is 12.8 Å². The summed E-state index contributed by atoms with van der Waals surface area (Å²) in [6, 6.07) is 7.41. The fourth-order valence-corrected chi connectivity index (χ4v) is 3.36. The van der Waals surface area contributed by atoms with E-state index in [2.05, 4.69) is 9.62 Å². The van der Waals surface area contributed by atoms with E-state index in [-0.39, 0.29) is 10.9 Å². The van der Waals surface area contributed by atoms with Crippen LogP contribution in [0.1, 0.15) is 37.8 Å².